The Kier molecular flexibility index (Phi) is 5.51. The van der Waals surface area contributed by atoms with E-state index in [1.165, 1.54) is 0 Å². The number of ether oxygens (including phenoxy) is 1. The van der Waals surface area contributed by atoms with Gasteiger partial charge in [0.2, 0.25) is 0 Å². The monoisotopic (exact) mass is 174 g/mol. The fourth-order valence-electron chi connectivity index (χ4n) is 1.31. The van der Waals surface area contributed by atoms with Crippen LogP contribution in [0.25, 0.3) is 0 Å². The quantitative estimate of drug-likeness (QED) is 0.669. The molecule has 0 bridgehead atoms. The molecule has 0 fully saturated rings. The molecule has 2 atom stereocenters. The highest BCUT2D eigenvalue weighted by Crippen LogP contribution is 2.22. The van der Waals surface area contributed by atoms with Crippen molar-refractivity contribution >= 4 is 0 Å². The maximum Gasteiger partial charge on any atom is 0.0672 e. The molecule has 2 heteroatoms. The highest BCUT2D eigenvalue weighted by atomic mass is 16.5. The summed E-state index contributed by atoms with van der Waals surface area (Å²) in [5.74, 6) is 0. The topological polar surface area (TPSA) is 29.5 Å². The molecule has 2 unspecified atom stereocenters. The lowest BCUT2D eigenvalue weighted by molar-refractivity contribution is -0.0372. The molecule has 0 aliphatic rings. The van der Waals surface area contributed by atoms with Gasteiger partial charge in [-0.05, 0) is 19.8 Å². The molecule has 2 nitrogen and oxygen atoms in total. The van der Waals surface area contributed by atoms with E-state index in [1.807, 2.05) is 6.92 Å². The van der Waals surface area contributed by atoms with E-state index in [9.17, 15) is 5.11 Å². The van der Waals surface area contributed by atoms with E-state index in [2.05, 4.69) is 13.8 Å². The zero-order chi connectivity index (χ0) is 9.61. The minimum atomic E-state index is -0.208. The van der Waals surface area contributed by atoms with E-state index in [-0.39, 0.29) is 11.7 Å². The largest absolute Gasteiger partial charge is 0.393 e. The van der Waals surface area contributed by atoms with Crippen LogP contribution in [-0.2, 0) is 4.74 Å². The van der Waals surface area contributed by atoms with Gasteiger partial charge in [0, 0.05) is 13.5 Å². The summed E-state index contributed by atoms with van der Waals surface area (Å²) in [4.78, 5) is 0. The molecule has 0 rings (SSSR count). The van der Waals surface area contributed by atoms with Crippen molar-refractivity contribution in [3.05, 3.63) is 0 Å². The molecule has 0 aromatic carbocycles. The molecule has 0 aromatic rings. The second kappa shape index (κ2) is 5.55. The van der Waals surface area contributed by atoms with E-state index in [1.54, 1.807) is 7.11 Å². The van der Waals surface area contributed by atoms with E-state index in [0.29, 0.717) is 0 Å². The van der Waals surface area contributed by atoms with Crippen LogP contribution in [0.4, 0.5) is 0 Å². The summed E-state index contributed by atoms with van der Waals surface area (Å²) in [6.45, 7) is 6.22. The van der Waals surface area contributed by atoms with Crippen molar-refractivity contribution in [3.63, 3.8) is 0 Å². The van der Waals surface area contributed by atoms with Crippen LogP contribution in [0.5, 0.6) is 0 Å². The lowest BCUT2D eigenvalue weighted by Gasteiger charge is -2.28. The Morgan fingerprint density at radius 1 is 1.42 bits per heavy atom. The Morgan fingerprint density at radius 3 is 2.33 bits per heavy atom. The summed E-state index contributed by atoms with van der Waals surface area (Å²) in [5, 5.41) is 9.57. The Hall–Kier alpha value is -0.0800. The van der Waals surface area contributed by atoms with Crippen molar-refractivity contribution in [2.24, 2.45) is 0 Å². The third kappa shape index (κ3) is 4.07. The highest BCUT2D eigenvalue weighted by Gasteiger charge is 2.24. The van der Waals surface area contributed by atoms with Gasteiger partial charge in [-0.2, -0.15) is 0 Å². The van der Waals surface area contributed by atoms with E-state index >= 15 is 0 Å². The maximum atomic E-state index is 9.57. The van der Waals surface area contributed by atoms with Gasteiger partial charge >= 0.3 is 0 Å². The molecular formula is C10H22O2. The third-order valence-electron chi connectivity index (χ3n) is 2.53. The number of aliphatic hydroxyl groups excluding tert-OH is 1. The number of methoxy groups -OCH3 is 1. The van der Waals surface area contributed by atoms with Crippen LogP contribution in [0.2, 0.25) is 0 Å². The van der Waals surface area contributed by atoms with E-state index < -0.39 is 0 Å². The molecular weight excluding hydrogens is 152 g/mol. The average molecular weight is 174 g/mol. The molecule has 0 aromatic heterocycles. The van der Waals surface area contributed by atoms with Gasteiger partial charge in [-0.25, -0.2) is 0 Å². The first kappa shape index (κ1) is 11.9. The molecule has 0 heterocycles. The van der Waals surface area contributed by atoms with Crippen molar-refractivity contribution in [2.75, 3.05) is 7.11 Å². The first-order valence-electron chi connectivity index (χ1n) is 4.81. The van der Waals surface area contributed by atoms with Gasteiger partial charge in [0.05, 0.1) is 11.7 Å². The smallest absolute Gasteiger partial charge is 0.0672 e. The van der Waals surface area contributed by atoms with Crippen molar-refractivity contribution in [1.82, 2.24) is 0 Å². The van der Waals surface area contributed by atoms with Crippen LogP contribution in [0, 0.1) is 0 Å². The first-order chi connectivity index (χ1) is 5.58. The summed E-state index contributed by atoms with van der Waals surface area (Å²) < 4.78 is 5.34. The van der Waals surface area contributed by atoms with Crippen molar-refractivity contribution in [3.8, 4) is 0 Å². The number of rotatable bonds is 6. The standard InChI is InChI=1S/C10H22O2/c1-5-7-9(11)8-10(3,6-2)12-4/h9,11H,5-8H2,1-4H3. The Bertz CT molecular complexity index is 108. The predicted octanol–water partition coefficient (Wildman–Crippen LogP) is 2.35. The molecule has 0 amide bonds. The minimum absolute atomic E-state index is 0.144. The van der Waals surface area contributed by atoms with Gasteiger partial charge in [-0.1, -0.05) is 20.3 Å². The van der Waals surface area contributed by atoms with E-state index in [4.69, 9.17) is 4.74 Å². The molecule has 0 aliphatic carbocycles. The van der Waals surface area contributed by atoms with Crippen LogP contribution in [0.3, 0.4) is 0 Å². The molecule has 0 radical (unpaired) electrons. The lowest BCUT2D eigenvalue weighted by atomic mass is 9.93. The normalized spacial score (nSPS) is 18.8. The van der Waals surface area contributed by atoms with Crippen molar-refractivity contribution in [2.45, 2.75) is 58.2 Å². The SMILES string of the molecule is CCCC(O)CC(C)(CC)OC. The molecule has 12 heavy (non-hydrogen) atoms. The van der Waals surface area contributed by atoms with Crippen LogP contribution in [0.15, 0.2) is 0 Å². The van der Waals surface area contributed by atoms with Crippen LogP contribution >= 0.6 is 0 Å². The number of aliphatic hydroxyl groups is 1. The number of hydrogen-bond acceptors (Lipinski definition) is 2. The Balaban J connectivity index is 3.84. The summed E-state index contributed by atoms with van der Waals surface area (Å²) >= 11 is 0. The second-order valence-corrected chi connectivity index (χ2v) is 3.65. The summed E-state index contributed by atoms with van der Waals surface area (Å²) in [7, 11) is 1.71. The van der Waals surface area contributed by atoms with Gasteiger partial charge in [-0.3, -0.25) is 0 Å². The molecule has 0 saturated carbocycles. The second-order valence-electron chi connectivity index (χ2n) is 3.65. The zero-order valence-electron chi connectivity index (χ0n) is 8.76. The fourth-order valence-corrected chi connectivity index (χ4v) is 1.31. The molecule has 1 N–H and O–H groups in total. The minimum Gasteiger partial charge on any atom is -0.393 e. The number of hydrogen-bond donors (Lipinski definition) is 1. The summed E-state index contributed by atoms with van der Waals surface area (Å²) in [5.41, 5.74) is -0.144. The van der Waals surface area contributed by atoms with Gasteiger partial charge in [-0.15, -0.1) is 0 Å². The molecule has 74 valence electrons. The molecule has 0 aliphatic heterocycles. The summed E-state index contributed by atoms with van der Waals surface area (Å²) in [6, 6.07) is 0. The molecule has 0 spiro atoms. The van der Waals surface area contributed by atoms with Crippen molar-refractivity contribution in [1.29, 1.82) is 0 Å². The maximum absolute atomic E-state index is 9.57. The van der Waals surface area contributed by atoms with Crippen LogP contribution < -0.4 is 0 Å². The van der Waals surface area contributed by atoms with Crippen LogP contribution in [0.1, 0.15) is 46.5 Å². The lowest BCUT2D eigenvalue weighted by Crippen LogP contribution is -2.31. The van der Waals surface area contributed by atoms with E-state index in [0.717, 1.165) is 25.7 Å². The Morgan fingerprint density at radius 2 is 2.00 bits per heavy atom. The fraction of sp³-hybridized carbons (Fsp3) is 1.00. The molecule has 0 saturated heterocycles. The average Bonchev–Trinajstić information content (AvgIpc) is 2.05. The third-order valence-corrected chi connectivity index (χ3v) is 2.53. The first-order valence-corrected chi connectivity index (χ1v) is 4.81. The van der Waals surface area contributed by atoms with Gasteiger partial charge in [0.1, 0.15) is 0 Å². The summed E-state index contributed by atoms with van der Waals surface area (Å²) in [6.07, 6.45) is 3.39. The predicted molar refractivity (Wildman–Crippen MR) is 51.2 cm³/mol. The zero-order valence-corrected chi connectivity index (χ0v) is 8.76. The van der Waals surface area contributed by atoms with Gasteiger partial charge < -0.3 is 9.84 Å². The van der Waals surface area contributed by atoms with Crippen LogP contribution in [-0.4, -0.2) is 23.9 Å². The Labute approximate surface area is 75.9 Å². The van der Waals surface area contributed by atoms with Gasteiger partial charge in [0.25, 0.3) is 0 Å². The highest BCUT2D eigenvalue weighted by molar-refractivity contribution is 4.76. The van der Waals surface area contributed by atoms with Gasteiger partial charge in [0.15, 0.2) is 0 Å². The van der Waals surface area contributed by atoms with Crippen molar-refractivity contribution < 1.29 is 9.84 Å².